The first-order chi connectivity index (χ1) is 13.1. The van der Waals surface area contributed by atoms with Crippen molar-refractivity contribution < 1.29 is 9.32 Å². The summed E-state index contributed by atoms with van der Waals surface area (Å²) in [4.78, 5) is 19.5. The SMILES string of the molecule is Cc1cc(CSc2ncccc2C(=O)NCC(C)CN2CCCCC2)no1. The van der Waals surface area contributed by atoms with Gasteiger partial charge in [0.25, 0.3) is 5.91 Å². The number of pyridine rings is 1. The first kappa shape index (κ1) is 19.9. The minimum atomic E-state index is -0.0626. The number of hydrogen-bond acceptors (Lipinski definition) is 6. The van der Waals surface area contributed by atoms with Crippen LogP contribution in [0.15, 0.2) is 33.9 Å². The second-order valence-electron chi connectivity index (χ2n) is 7.25. The lowest BCUT2D eigenvalue weighted by Crippen LogP contribution is -2.38. The number of carbonyl (C=O) groups excluding carboxylic acids is 1. The minimum absolute atomic E-state index is 0.0626. The number of aryl methyl sites for hydroxylation is 1. The third-order valence-corrected chi connectivity index (χ3v) is 5.72. The number of carbonyl (C=O) groups is 1. The summed E-state index contributed by atoms with van der Waals surface area (Å²) in [5.74, 6) is 1.78. The Bertz CT molecular complexity index is 743. The van der Waals surface area contributed by atoms with Crippen LogP contribution < -0.4 is 5.32 Å². The van der Waals surface area contributed by atoms with Gasteiger partial charge in [0.2, 0.25) is 0 Å². The molecule has 3 rings (SSSR count). The smallest absolute Gasteiger partial charge is 0.254 e. The van der Waals surface area contributed by atoms with E-state index in [0.29, 0.717) is 23.8 Å². The Labute approximate surface area is 165 Å². The van der Waals surface area contributed by atoms with Gasteiger partial charge >= 0.3 is 0 Å². The molecular formula is C20H28N4O2S. The van der Waals surface area contributed by atoms with Crippen LogP contribution in [0.1, 0.15) is 48.0 Å². The van der Waals surface area contributed by atoms with Crippen LogP contribution in [0.4, 0.5) is 0 Å². The summed E-state index contributed by atoms with van der Waals surface area (Å²) >= 11 is 1.50. The predicted octanol–water partition coefficient (Wildman–Crippen LogP) is 3.52. The number of likely N-dealkylation sites (tertiary alicyclic amines) is 1. The van der Waals surface area contributed by atoms with Gasteiger partial charge < -0.3 is 14.7 Å². The molecule has 2 aromatic heterocycles. The molecule has 0 aliphatic carbocycles. The van der Waals surface area contributed by atoms with Crippen molar-refractivity contribution in [1.29, 1.82) is 0 Å². The van der Waals surface area contributed by atoms with Crippen LogP contribution in [0.5, 0.6) is 0 Å². The molecule has 1 N–H and O–H groups in total. The highest BCUT2D eigenvalue weighted by molar-refractivity contribution is 7.98. The average molecular weight is 389 g/mol. The lowest BCUT2D eigenvalue weighted by Gasteiger charge is -2.29. The maximum absolute atomic E-state index is 12.7. The van der Waals surface area contributed by atoms with Crippen molar-refractivity contribution in [3.05, 3.63) is 41.4 Å². The van der Waals surface area contributed by atoms with E-state index in [-0.39, 0.29) is 5.91 Å². The molecule has 0 radical (unpaired) electrons. The predicted molar refractivity (Wildman–Crippen MR) is 107 cm³/mol. The Kier molecular flexibility index (Phi) is 7.29. The molecule has 0 aromatic carbocycles. The number of hydrogen-bond donors (Lipinski definition) is 1. The van der Waals surface area contributed by atoms with Crippen LogP contribution in [0.25, 0.3) is 0 Å². The van der Waals surface area contributed by atoms with Gasteiger partial charge in [0, 0.05) is 31.1 Å². The highest BCUT2D eigenvalue weighted by atomic mass is 32.2. The van der Waals surface area contributed by atoms with Gasteiger partial charge in [0.15, 0.2) is 0 Å². The number of piperidine rings is 1. The highest BCUT2D eigenvalue weighted by Crippen LogP contribution is 2.24. The van der Waals surface area contributed by atoms with E-state index in [1.807, 2.05) is 19.1 Å². The maximum atomic E-state index is 12.7. The lowest BCUT2D eigenvalue weighted by atomic mass is 10.1. The van der Waals surface area contributed by atoms with Crippen molar-refractivity contribution >= 4 is 17.7 Å². The lowest BCUT2D eigenvalue weighted by molar-refractivity contribution is 0.0939. The van der Waals surface area contributed by atoms with Crippen molar-refractivity contribution in [2.45, 2.75) is 43.9 Å². The fourth-order valence-electron chi connectivity index (χ4n) is 3.32. The second-order valence-corrected chi connectivity index (χ2v) is 8.21. The molecule has 2 aromatic rings. The molecule has 0 bridgehead atoms. The number of aromatic nitrogens is 2. The van der Waals surface area contributed by atoms with Crippen molar-refractivity contribution in [1.82, 2.24) is 20.4 Å². The van der Waals surface area contributed by atoms with Gasteiger partial charge in [-0.3, -0.25) is 4.79 Å². The molecule has 6 nitrogen and oxygen atoms in total. The molecule has 1 unspecified atom stereocenters. The largest absolute Gasteiger partial charge is 0.361 e. The Morgan fingerprint density at radius 1 is 1.37 bits per heavy atom. The van der Waals surface area contributed by atoms with Crippen LogP contribution in [0.3, 0.4) is 0 Å². The van der Waals surface area contributed by atoms with E-state index in [1.54, 1.807) is 12.3 Å². The molecule has 1 saturated heterocycles. The zero-order valence-electron chi connectivity index (χ0n) is 16.1. The summed E-state index contributed by atoms with van der Waals surface area (Å²) in [5, 5.41) is 7.79. The zero-order valence-corrected chi connectivity index (χ0v) is 16.9. The fraction of sp³-hybridized carbons (Fsp3) is 0.550. The zero-order chi connectivity index (χ0) is 19.1. The molecule has 7 heteroatoms. The van der Waals surface area contributed by atoms with Crippen LogP contribution in [-0.4, -0.2) is 47.1 Å². The van der Waals surface area contributed by atoms with E-state index in [1.165, 1.54) is 44.1 Å². The van der Waals surface area contributed by atoms with Gasteiger partial charge in [-0.15, -0.1) is 0 Å². The van der Waals surface area contributed by atoms with E-state index in [9.17, 15) is 4.79 Å². The minimum Gasteiger partial charge on any atom is -0.361 e. The van der Waals surface area contributed by atoms with Crippen LogP contribution in [0, 0.1) is 12.8 Å². The quantitative estimate of drug-likeness (QED) is 0.698. The number of thioether (sulfide) groups is 1. The molecule has 0 spiro atoms. The van der Waals surface area contributed by atoms with Gasteiger partial charge in [-0.25, -0.2) is 4.98 Å². The summed E-state index contributed by atoms with van der Waals surface area (Å²) in [7, 11) is 0. The maximum Gasteiger partial charge on any atom is 0.254 e. The van der Waals surface area contributed by atoms with E-state index < -0.39 is 0 Å². The fourth-order valence-corrected chi connectivity index (χ4v) is 4.19. The molecule has 27 heavy (non-hydrogen) atoms. The van der Waals surface area contributed by atoms with Gasteiger partial charge in [0.1, 0.15) is 10.8 Å². The van der Waals surface area contributed by atoms with E-state index in [2.05, 4.69) is 27.3 Å². The van der Waals surface area contributed by atoms with Gasteiger partial charge in [-0.1, -0.05) is 30.3 Å². The Morgan fingerprint density at radius 2 is 2.19 bits per heavy atom. The number of nitrogens with one attached hydrogen (secondary N) is 1. The van der Waals surface area contributed by atoms with Gasteiger partial charge in [-0.05, 0) is 50.9 Å². The molecule has 1 aliphatic rings. The topological polar surface area (TPSA) is 71.3 Å². The average Bonchev–Trinajstić information content (AvgIpc) is 3.11. The summed E-state index contributed by atoms with van der Waals surface area (Å²) in [6.45, 7) is 8.15. The highest BCUT2D eigenvalue weighted by Gasteiger charge is 2.17. The van der Waals surface area contributed by atoms with Crippen LogP contribution in [0.2, 0.25) is 0 Å². The number of rotatable bonds is 8. The molecule has 1 fully saturated rings. The standard InChI is InChI=1S/C20H28N4O2S/c1-15(13-24-9-4-3-5-10-24)12-22-19(25)18-7-6-8-21-20(18)27-14-17-11-16(2)26-23-17/h6-8,11,15H,3-5,9-10,12-14H2,1-2H3,(H,22,25). The van der Waals surface area contributed by atoms with Gasteiger partial charge in [-0.2, -0.15) is 0 Å². The Balaban J connectivity index is 1.51. The van der Waals surface area contributed by atoms with E-state index in [0.717, 1.165) is 23.0 Å². The monoisotopic (exact) mass is 388 g/mol. The molecule has 1 amide bonds. The number of nitrogens with zero attached hydrogens (tertiary/aromatic N) is 3. The first-order valence-electron chi connectivity index (χ1n) is 9.62. The van der Waals surface area contributed by atoms with Crippen LogP contribution in [-0.2, 0) is 5.75 Å². The van der Waals surface area contributed by atoms with E-state index in [4.69, 9.17) is 4.52 Å². The molecular weight excluding hydrogens is 360 g/mol. The molecule has 3 heterocycles. The third kappa shape index (κ3) is 6.07. The molecule has 1 atom stereocenters. The number of amides is 1. The van der Waals surface area contributed by atoms with E-state index >= 15 is 0 Å². The molecule has 146 valence electrons. The van der Waals surface area contributed by atoms with Crippen LogP contribution >= 0.6 is 11.8 Å². The Morgan fingerprint density at radius 3 is 2.93 bits per heavy atom. The summed E-state index contributed by atoms with van der Waals surface area (Å²) < 4.78 is 5.09. The van der Waals surface area contributed by atoms with Crippen molar-refractivity contribution in [3.63, 3.8) is 0 Å². The summed E-state index contributed by atoms with van der Waals surface area (Å²) in [6, 6.07) is 5.53. The summed E-state index contributed by atoms with van der Waals surface area (Å²) in [6.07, 6.45) is 5.64. The van der Waals surface area contributed by atoms with Crippen molar-refractivity contribution in [2.75, 3.05) is 26.2 Å². The molecule has 0 saturated carbocycles. The normalized spacial score (nSPS) is 16.2. The molecule has 1 aliphatic heterocycles. The summed E-state index contributed by atoms with van der Waals surface area (Å²) in [5.41, 5.74) is 1.47. The Hall–Kier alpha value is -1.86. The second kappa shape index (κ2) is 9.90. The van der Waals surface area contributed by atoms with Crippen molar-refractivity contribution in [2.24, 2.45) is 5.92 Å². The first-order valence-corrected chi connectivity index (χ1v) is 10.6. The third-order valence-electron chi connectivity index (χ3n) is 4.68. The van der Waals surface area contributed by atoms with Crippen molar-refractivity contribution in [3.8, 4) is 0 Å². The van der Waals surface area contributed by atoms with Gasteiger partial charge in [0.05, 0.1) is 11.3 Å².